The van der Waals surface area contributed by atoms with Crippen molar-refractivity contribution in [3.63, 3.8) is 0 Å². The molecule has 0 bridgehead atoms. The predicted molar refractivity (Wildman–Crippen MR) is 105 cm³/mol. The average Bonchev–Trinajstić information content (AvgIpc) is 2.63. The van der Waals surface area contributed by atoms with Gasteiger partial charge < -0.3 is 4.74 Å². The van der Waals surface area contributed by atoms with Crippen LogP contribution in [0.2, 0.25) is 0 Å². The second-order valence-corrected chi connectivity index (χ2v) is 6.69. The highest BCUT2D eigenvalue weighted by Gasteiger charge is 2.04. The minimum absolute atomic E-state index is 0.148. The van der Waals surface area contributed by atoms with E-state index >= 15 is 0 Å². The summed E-state index contributed by atoms with van der Waals surface area (Å²) in [6, 6.07) is 1.68. The molecule has 3 nitrogen and oxygen atoms in total. The molecule has 0 aliphatic carbocycles. The molecule has 0 aromatic carbocycles. The van der Waals surface area contributed by atoms with Gasteiger partial charge in [0.05, 0.1) is 0 Å². The lowest BCUT2D eigenvalue weighted by molar-refractivity contribution is -0.137. The summed E-state index contributed by atoms with van der Waals surface area (Å²) in [5, 5.41) is 8.48. The van der Waals surface area contributed by atoms with Gasteiger partial charge in [0.25, 0.3) is 0 Å². The minimum Gasteiger partial charge on any atom is -0.457 e. The molecule has 0 N–H and O–H groups in total. The van der Waals surface area contributed by atoms with E-state index in [0.29, 0.717) is 0 Å². The molecule has 0 heterocycles. The van der Waals surface area contributed by atoms with Crippen LogP contribution in [-0.2, 0) is 9.53 Å². The molecule has 0 aromatic heterocycles. The summed E-state index contributed by atoms with van der Waals surface area (Å²) < 4.78 is 4.87. The van der Waals surface area contributed by atoms with E-state index in [1.165, 1.54) is 83.5 Å². The van der Waals surface area contributed by atoms with Gasteiger partial charge in [0.1, 0.15) is 18.2 Å². The van der Waals surface area contributed by atoms with Crippen molar-refractivity contribution in [2.24, 2.45) is 0 Å². The molecule has 142 valence electrons. The van der Waals surface area contributed by atoms with Gasteiger partial charge >= 0.3 is 5.97 Å². The summed E-state index contributed by atoms with van der Waals surface area (Å²) in [5.74, 6) is -0.631. The molecule has 0 aliphatic rings. The highest BCUT2D eigenvalue weighted by atomic mass is 16.5. The Hall–Kier alpha value is -1.56. The summed E-state index contributed by atoms with van der Waals surface area (Å²) in [6.45, 7) is 5.80. The third-order valence-corrected chi connectivity index (χ3v) is 4.33. The fourth-order valence-corrected chi connectivity index (χ4v) is 2.72. The fraction of sp³-hybridized carbons (Fsp3) is 0.727. The third-order valence-electron chi connectivity index (χ3n) is 4.33. The van der Waals surface area contributed by atoms with E-state index in [-0.39, 0.29) is 12.2 Å². The van der Waals surface area contributed by atoms with Crippen LogP contribution in [-0.4, -0.2) is 12.6 Å². The van der Waals surface area contributed by atoms with Crippen molar-refractivity contribution in [3.05, 3.63) is 24.3 Å². The first-order valence-corrected chi connectivity index (χ1v) is 10.1. The minimum atomic E-state index is -0.631. The number of carbonyl (C=O) groups excluding carboxylic acids is 1. The van der Waals surface area contributed by atoms with Crippen LogP contribution in [0, 0.1) is 11.3 Å². The molecule has 0 atom stereocenters. The molecule has 0 amide bonds. The molecular weight excluding hydrogens is 310 g/mol. The van der Waals surface area contributed by atoms with E-state index in [0.717, 1.165) is 6.42 Å². The Labute approximate surface area is 155 Å². The summed E-state index contributed by atoms with van der Waals surface area (Å²) >= 11 is 0. The van der Waals surface area contributed by atoms with E-state index in [1.807, 2.05) is 12.2 Å². The lowest BCUT2D eigenvalue weighted by atomic mass is 10.0. The monoisotopic (exact) mass is 347 g/mol. The zero-order valence-electron chi connectivity index (χ0n) is 16.2. The zero-order chi connectivity index (χ0) is 18.6. The molecule has 3 heteroatoms. The van der Waals surface area contributed by atoms with Gasteiger partial charge in [-0.15, -0.1) is 0 Å². The molecule has 0 spiro atoms. The topological polar surface area (TPSA) is 50.1 Å². The van der Waals surface area contributed by atoms with Gasteiger partial charge in [-0.2, -0.15) is 5.26 Å². The molecule has 0 radical (unpaired) electrons. The molecule has 0 aliphatic heterocycles. The molecule has 0 saturated carbocycles. The normalized spacial score (nSPS) is 10.7. The first-order chi connectivity index (χ1) is 12.2. The van der Waals surface area contributed by atoms with Crippen molar-refractivity contribution in [1.82, 2.24) is 0 Å². The molecule has 0 fully saturated rings. The number of esters is 1. The van der Waals surface area contributed by atoms with E-state index < -0.39 is 5.97 Å². The lowest BCUT2D eigenvalue weighted by Gasteiger charge is -2.02. The number of allylic oxidation sites excluding steroid dienone is 1. The first kappa shape index (κ1) is 23.4. The summed E-state index contributed by atoms with van der Waals surface area (Å²) in [6.07, 6.45) is 22.6. The van der Waals surface area contributed by atoms with Crippen LogP contribution >= 0.6 is 0 Å². The molecule has 0 unspecified atom stereocenters. The number of nitrogens with zero attached hydrogens (tertiary/aromatic N) is 1. The third kappa shape index (κ3) is 17.1. The Balaban J connectivity index is 3.21. The SMILES string of the molecule is C=C(C#N)C(=O)OCC=CCCCCCCCCCCCCCCC. The van der Waals surface area contributed by atoms with Gasteiger partial charge in [-0.25, -0.2) is 4.79 Å². The van der Waals surface area contributed by atoms with Gasteiger partial charge in [0, 0.05) is 0 Å². The Morgan fingerprint density at radius 2 is 1.36 bits per heavy atom. The van der Waals surface area contributed by atoms with Gasteiger partial charge in [-0.05, 0) is 12.8 Å². The average molecular weight is 348 g/mol. The number of carbonyl (C=O) groups is 1. The Kier molecular flexibility index (Phi) is 17.6. The molecule has 25 heavy (non-hydrogen) atoms. The molecular formula is C22H37NO2. The van der Waals surface area contributed by atoms with Crippen molar-refractivity contribution in [2.75, 3.05) is 6.61 Å². The van der Waals surface area contributed by atoms with Crippen molar-refractivity contribution in [3.8, 4) is 6.07 Å². The highest BCUT2D eigenvalue weighted by molar-refractivity contribution is 5.91. The van der Waals surface area contributed by atoms with Crippen molar-refractivity contribution < 1.29 is 9.53 Å². The number of unbranched alkanes of at least 4 members (excludes halogenated alkanes) is 13. The zero-order valence-corrected chi connectivity index (χ0v) is 16.2. The summed E-state index contributed by atoms with van der Waals surface area (Å²) in [5.41, 5.74) is -0.148. The number of hydrogen-bond acceptors (Lipinski definition) is 3. The van der Waals surface area contributed by atoms with E-state index in [9.17, 15) is 4.79 Å². The number of ether oxygens (including phenoxy) is 1. The van der Waals surface area contributed by atoms with Crippen LogP contribution in [0.3, 0.4) is 0 Å². The summed E-state index contributed by atoms with van der Waals surface area (Å²) in [4.78, 5) is 11.2. The number of hydrogen-bond donors (Lipinski definition) is 0. The Bertz CT molecular complexity index is 407. The predicted octanol–water partition coefficient (Wildman–Crippen LogP) is 6.65. The molecule has 0 saturated heterocycles. The van der Waals surface area contributed by atoms with Crippen molar-refractivity contribution >= 4 is 5.97 Å². The van der Waals surface area contributed by atoms with Crippen LogP contribution in [0.25, 0.3) is 0 Å². The second-order valence-electron chi connectivity index (χ2n) is 6.69. The second kappa shape index (κ2) is 18.8. The van der Waals surface area contributed by atoms with Crippen LogP contribution in [0.4, 0.5) is 0 Å². The van der Waals surface area contributed by atoms with Gasteiger partial charge in [0.15, 0.2) is 0 Å². The maximum Gasteiger partial charge on any atom is 0.348 e. The smallest absolute Gasteiger partial charge is 0.348 e. The standard InChI is InChI=1S/C22H37NO2/c1-3-4-5-6-7-8-9-10-11-12-13-14-15-16-17-18-19-25-22(24)21(2)20-23/h17-18H,2-16,19H2,1H3. The van der Waals surface area contributed by atoms with Crippen LogP contribution < -0.4 is 0 Å². The largest absolute Gasteiger partial charge is 0.457 e. The lowest BCUT2D eigenvalue weighted by Crippen LogP contribution is -2.05. The Morgan fingerprint density at radius 1 is 0.880 bits per heavy atom. The van der Waals surface area contributed by atoms with E-state index in [4.69, 9.17) is 10.00 Å². The highest BCUT2D eigenvalue weighted by Crippen LogP contribution is 2.13. The molecule has 0 aromatic rings. The van der Waals surface area contributed by atoms with Crippen LogP contribution in [0.1, 0.15) is 96.8 Å². The van der Waals surface area contributed by atoms with Crippen molar-refractivity contribution in [1.29, 1.82) is 5.26 Å². The Morgan fingerprint density at radius 3 is 1.84 bits per heavy atom. The maximum atomic E-state index is 11.2. The number of nitriles is 1. The van der Waals surface area contributed by atoms with Gasteiger partial charge in [0.2, 0.25) is 0 Å². The quantitative estimate of drug-likeness (QED) is 0.0973. The van der Waals surface area contributed by atoms with E-state index in [2.05, 4.69) is 13.5 Å². The van der Waals surface area contributed by atoms with Crippen molar-refractivity contribution in [2.45, 2.75) is 96.8 Å². The van der Waals surface area contributed by atoms with Gasteiger partial charge in [-0.3, -0.25) is 0 Å². The van der Waals surface area contributed by atoms with E-state index in [1.54, 1.807) is 6.07 Å². The molecule has 0 rings (SSSR count). The maximum absolute atomic E-state index is 11.2. The number of rotatable bonds is 17. The first-order valence-electron chi connectivity index (χ1n) is 10.1. The fourth-order valence-electron chi connectivity index (χ4n) is 2.72. The summed E-state index contributed by atoms with van der Waals surface area (Å²) in [7, 11) is 0. The van der Waals surface area contributed by atoms with Crippen LogP contribution in [0.5, 0.6) is 0 Å². The van der Waals surface area contributed by atoms with Crippen LogP contribution in [0.15, 0.2) is 24.3 Å². The van der Waals surface area contributed by atoms with Gasteiger partial charge in [-0.1, -0.05) is 103 Å².